The lowest BCUT2D eigenvalue weighted by atomic mass is 9.85. The van der Waals surface area contributed by atoms with E-state index in [1.54, 1.807) is 0 Å². The van der Waals surface area contributed by atoms with E-state index in [0.717, 1.165) is 30.8 Å². The number of sulfonamides is 1. The monoisotopic (exact) mass is 420 g/mol. The number of halogens is 3. The van der Waals surface area contributed by atoms with Gasteiger partial charge >= 0.3 is 6.18 Å². The maximum absolute atomic E-state index is 13.0. The molecule has 2 unspecified atom stereocenters. The predicted molar refractivity (Wildman–Crippen MR) is 99.2 cm³/mol. The van der Waals surface area contributed by atoms with Crippen LogP contribution in [-0.4, -0.2) is 61.1 Å². The van der Waals surface area contributed by atoms with Gasteiger partial charge in [0.15, 0.2) is 5.60 Å². The van der Waals surface area contributed by atoms with Crippen LogP contribution in [0.5, 0.6) is 0 Å². The molecule has 0 radical (unpaired) electrons. The Bertz CT molecular complexity index is 790. The van der Waals surface area contributed by atoms with E-state index in [1.807, 2.05) is 6.92 Å². The van der Waals surface area contributed by atoms with E-state index in [0.29, 0.717) is 32.5 Å². The Morgan fingerprint density at radius 2 is 1.75 bits per heavy atom. The molecular formula is C19H27F3N2O3S. The van der Waals surface area contributed by atoms with Crippen LogP contribution in [0.2, 0.25) is 0 Å². The van der Waals surface area contributed by atoms with Crippen LogP contribution in [0.3, 0.4) is 0 Å². The number of rotatable bonds is 5. The first-order chi connectivity index (χ1) is 12.9. The summed E-state index contributed by atoms with van der Waals surface area (Å²) < 4.78 is 66.3. The highest BCUT2D eigenvalue weighted by Gasteiger charge is 2.51. The van der Waals surface area contributed by atoms with Crippen LogP contribution in [0.4, 0.5) is 13.2 Å². The van der Waals surface area contributed by atoms with Crippen molar-refractivity contribution in [2.24, 2.45) is 5.92 Å². The number of hydrogen-bond donors (Lipinski definition) is 1. The molecule has 158 valence electrons. The van der Waals surface area contributed by atoms with E-state index in [1.165, 1.54) is 23.6 Å². The van der Waals surface area contributed by atoms with E-state index in [4.69, 9.17) is 0 Å². The first-order valence-corrected chi connectivity index (χ1v) is 11.0. The lowest BCUT2D eigenvalue weighted by molar-refractivity contribution is -0.258. The SMILES string of the molecule is CC1CN(CC2CCC2)CCN1S(=O)(=O)c1ccc(C(C)(O)C(F)(F)F)cc1. The highest BCUT2D eigenvalue weighted by Crippen LogP contribution is 2.38. The zero-order valence-electron chi connectivity index (χ0n) is 16.1. The first-order valence-electron chi connectivity index (χ1n) is 9.57. The van der Waals surface area contributed by atoms with E-state index in [-0.39, 0.29) is 10.9 Å². The van der Waals surface area contributed by atoms with Crippen molar-refractivity contribution in [3.05, 3.63) is 29.8 Å². The third kappa shape index (κ3) is 4.08. The molecule has 2 aliphatic rings. The highest BCUT2D eigenvalue weighted by molar-refractivity contribution is 7.89. The summed E-state index contributed by atoms with van der Waals surface area (Å²) in [7, 11) is -3.81. The maximum atomic E-state index is 13.0. The lowest BCUT2D eigenvalue weighted by Crippen LogP contribution is -2.54. The summed E-state index contributed by atoms with van der Waals surface area (Å²) in [5, 5.41) is 9.74. The number of nitrogens with zero attached hydrogens (tertiary/aromatic N) is 2. The van der Waals surface area contributed by atoms with Crippen molar-refractivity contribution in [2.75, 3.05) is 26.2 Å². The van der Waals surface area contributed by atoms with Crippen molar-refractivity contribution in [3.63, 3.8) is 0 Å². The average Bonchev–Trinajstić information content (AvgIpc) is 2.57. The summed E-state index contributed by atoms with van der Waals surface area (Å²) in [6, 6.07) is 4.11. The molecule has 1 N–H and O–H groups in total. The van der Waals surface area contributed by atoms with Crippen molar-refractivity contribution in [1.82, 2.24) is 9.21 Å². The minimum atomic E-state index is -4.85. The van der Waals surface area contributed by atoms with Gasteiger partial charge in [0.2, 0.25) is 10.0 Å². The second-order valence-corrected chi connectivity index (χ2v) is 10.0. The van der Waals surface area contributed by atoms with Crippen LogP contribution in [0.15, 0.2) is 29.2 Å². The van der Waals surface area contributed by atoms with Crippen LogP contribution >= 0.6 is 0 Å². The van der Waals surface area contributed by atoms with Crippen LogP contribution in [0, 0.1) is 5.92 Å². The molecule has 1 saturated heterocycles. The molecule has 0 amide bonds. The Morgan fingerprint density at radius 3 is 2.21 bits per heavy atom. The third-order valence-corrected chi connectivity index (χ3v) is 7.99. The minimum Gasteiger partial charge on any atom is -0.376 e. The topological polar surface area (TPSA) is 60.9 Å². The molecule has 1 heterocycles. The highest BCUT2D eigenvalue weighted by atomic mass is 32.2. The second-order valence-electron chi connectivity index (χ2n) is 8.12. The van der Waals surface area contributed by atoms with Gasteiger partial charge in [-0.2, -0.15) is 17.5 Å². The molecule has 5 nitrogen and oxygen atoms in total. The number of hydrogen-bond acceptors (Lipinski definition) is 4. The van der Waals surface area contributed by atoms with Gasteiger partial charge in [0.05, 0.1) is 4.90 Å². The maximum Gasteiger partial charge on any atom is 0.421 e. The summed E-state index contributed by atoms with van der Waals surface area (Å²) in [5.74, 6) is 0.712. The van der Waals surface area contributed by atoms with Gasteiger partial charge in [-0.25, -0.2) is 8.42 Å². The van der Waals surface area contributed by atoms with E-state index in [9.17, 15) is 26.7 Å². The zero-order chi connectivity index (χ0) is 20.7. The Labute approximate surface area is 164 Å². The summed E-state index contributed by atoms with van der Waals surface area (Å²) in [5.41, 5.74) is -3.42. The Hall–Kier alpha value is -1.16. The van der Waals surface area contributed by atoms with E-state index < -0.39 is 27.4 Å². The summed E-state index contributed by atoms with van der Waals surface area (Å²) in [4.78, 5) is 2.23. The normalized spacial score (nSPS) is 25.3. The third-order valence-electron chi connectivity index (χ3n) is 5.97. The van der Waals surface area contributed by atoms with Crippen molar-refractivity contribution < 1.29 is 26.7 Å². The fraction of sp³-hybridized carbons (Fsp3) is 0.684. The van der Waals surface area contributed by atoms with Crippen LogP contribution in [-0.2, 0) is 15.6 Å². The van der Waals surface area contributed by atoms with Crippen LogP contribution in [0.25, 0.3) is 0 Å². The van der Waals surface area contributed by atoms with Crippen molar-refractivity contribution in [3.8, 4) is 0 Å². The van der Waals surface area contributed by atoms with Gasteiger partial charge in [-0.3, -0.25) is 0 Å². The molecule has 2 atom stereocenters. The molecule has 2 fully saturated rings. The molecule has 0 aromatic heterocycles. The molecule has 1 saturated carbocycles. The second kappa shape index (κ2) is 7.59. The molecule has 0 spiro atoms. The Balaban J connectivity index is 1.72. The summed E-state index contributed by atoms with van der Waals surface area (Å²) in [6.45, 7) is 5.17. The van der Waals surface area contributed by atoms with E-state index >= 15 is 0 Å². The molecule has 28 heavy (non-hydrogen) atoms. The van der Waals surface area contributed by atoms with Gasteiger partial charge in [-0.15, -0.1) is 0 Å². The number of aliphatic hydroxyl groups is 1. The number of piperazine rings is 1. The lowest BCUT2D eigenvalue weighted by Gasteiger charge is -2.41. The largest absolute Gasteiger partial charge is 0.421 e. The predicted octanol–water partition coefficient (Wildman–Crippen LogP) is 2.95. The molecule has 1 aliphatic carbocycles. The number of benzene rings is 1. The van der Waals surface area contributed by atoms with Crippen molar-refractivity contribution in [1.29, 1.82) is 0 Å². The summed E-state index contributed by atoms with van der Waals surface area (Å²) in [6.07, 6.45) is -1.10. The standard InChI is InChI=1S/C19H27F3N2O3S/c1-14-12-23(13-15-4-3-5-15)10-11-24(14)28(26,27)17-8-6-16(7-9-17)18(2,25)19(20,21)22/h6-9,14-15,25H,3-5,10-13H2,1-2H3. The first kappa shape index (κ1) is 21.5. The van der Waals surface area contributed by atoms with E-state index in [2.05, 4.69) is 4.90 Å². The molecule has 9 heteroatoms. The quantitative estimate of drug-likeness (QED) is 0.796. The Kier molecular flexibility index (Phi) is 5.84. The molecule has 1 aromatic rings. The van der Waals surface area contributed by atoms with Gasteiger partial charge in [0.1, 0.15) is 0 Å². The Morgan fingerprint density at radius 1 is 1.14 bits per heavy atom. The van der Waals surface area contributed by atoms with Crippen LogP contribution in [0.1, 0.15) is 38.7 Å². The van der Waals surface area contributed by atoms with Gasteiger partial charge in [-0.05, 0) is 50.3 Å². The smallest absolute Gasteiger partial charge is 0.376 e. The van der Waals surface area contributed by atoms with Crippen molar-refractivity contribution >= 4 is 10.0 Å². The van der Waals surface area contributed by atoms with Gasteiger partial charge in [-0.1, -0.05) is 18.6 Å². The fourth-order valence-corrected chi connectivity index (χ4v) is 5.44. The fourth-order valence-electron chi connectivity index (χ4n) is 3.83. The average molecular weight is 420 g/mol. The molecule has 1 aliphatic heterocycles. The summed E-state index contributed by atoms with van der Waals surface area (Å²) >= 11 is 0. The molecule has 0 bridgehead atoms. The zero-order valence-corrected chi connectivity index (χ0v) is 16.9. The van der Waals surface area contributed by atoms with Gasteiger partial charge < -0.3 is 10.0 Å². The van der Waals surface area contributed by atoms with Crippen LogP contribution < -0.4 is 0 Å². The molecule has 3 rings (SSSR count). The van der Waals surface area contributed by atoms with Crippen molar-refractivity contribution in [2.45, 2.75) is 55.8 Å². The van der Waals surface area contributed by atoms with Gasteiger partial charge in [0.25, 0.3) is 0 Å². The minimum absolute atomic E-state index is 0.0616. The van der Waals surface area contributed by atoms with Gasteiger partial charge in [0, 0.05) is 32.2 Å². The number of alkyl halides is 3. The molecular weight excluding hydrogens is 393 g/mol. The molecule has 1 aromatic carbocycles.